The summed E-state index contributed by atoms with van der Waals surface area (Å²) in [7, 11) is -1.25. The van der Waals surface area contributed by atoms with Crippen molar-refractivity contribution in [1.82, 2.24) is 4.57 Å². The average Bonchev–Trinajstić information content (AvgIpc) is 2.34. The molecule has 0 fully saturated rings. The van der Waals surface area contributed by atoms with Crippen LogP contribution in [0.25, 0.3) is 0 Å². The molecular weight excluding hydrogens is 254 g/mol. The van der Waals surface area contributed by atoms with Gasteiger partial charge in [0.15, 0.2) is 0 Å². The zero-order valence-electron chi connectivity index (χ0n) is 12.5. The lowest BCUT2D eigenvalue weighted by Gasteiger charge is -2.32. The van der Waals surface area contributed by atoms with E-state index in [1.54, 1.807) is 12.1 Å². The van der Waals surface area contributed by atoms with Gasteiger partial charge in [-0.05, 0) is 31.6 Å². The van der Waals surface area contributed by atoms with Gasteiger partial charge in [-0.25, -0.2) is 0 Å². The average molecular weight is 279 g/mol. The first-order valence-corrected chi connectivity index (χ1v) is 10.4. The molecule has 0 atom stereocenters. The van der Waals surface area contributed by atoms with Gasteiger partial charge >= 0.3 is 5.97 Å². The molecule has 0 radical (unpaired) electrons. The van der Waals surface area contributed by atoms with E-state index in [1.807, 2.05) is 18.2 Å². The van der Waals surface area contributed by atoms with Gasteiger partial charge in [-0.2, -0.15) is 0 Å². The number of hydrogen-bond acceptors (Lipinski definition) is 3. The summed E-state index contributed by atoms with van der Waals surface area (Å²) in [5, 5.41) is 0. The minimum Gasteiger partial charge on any atom is -0.427 e. The van der Waals surface area contributed by atoms with Crippen LogP contribution in [0.1, 0.15) is 19.8 Å². The van der Waals surface area contributed by atoms with E-state index in [2.05, 4.69) is 31.1 Å². The first-order chi connectivity index (χ1) is 8.93. The van der Waals surface area contributed by atoms with Crippen molar-refractivity contribution in [2.75, 3.05) is 13.1 Å². The van der Waals surface area contributed by atoms with Gasteiger partial charge in [-0.15, -0.1) is 0 Å². The van der Waals surface area contributed by atoms with E-state index in [-0.39, 0.29) is 5.97 Å². The smallest absolute Gasteiger partial charge is 0.311 e. The van der Waals surface area contributed by atoms with Crippen LogP contribution >= 0.6 is 0 Å². The van der Waals surface area contributed by atoms with Gasteiger partial charge in [-0.3, -0.25) is 4.79 Å². The molecule has 1 rings (SSSR count). The Labute approximate surface area is 117 Å². The fraction of sp³-hybridized carbons (Fsp3) is 0.533. The SMILES string of the molecule is CCN(CCCC(=O)Oc1ccccc1)[Si](C)(C)C. The van der Waals surface area contributed by atoms with Crippen molar-refractivity contribution in [3.63, 3.8) is 0 Å². The largest absolute Gasteiger partial charge is 0.427 e. The highest BCUT2D eigenvalue weighted by molar-refractivity contribution is 6.73. The van der Waals surface area contributed by atoms with E-state index in [4.69, 9.17) is 4.74 Å². The highest BCUT2D eigenvalue weighted by atomic mass is 28.3. The van der Waals surface area contributed by atoms with Crippen LogP contribution in [0, 0.1) is 0 Å². The standard InChI is InChI=1S/C15H25NO2Si/c1-5-16(19(2,3)4)13-9-12-15(17)18-14-10-7-6-8-11-14/h6-8,10-11H,5,9,12-13H2,1-4H3. The molecule has 0 amide bonds. The van der Waals surface area contributed by atoms with Crippen LogP contribution in [-0.2, 0) is 4.79 Å². The number of para-hydroxylation sites is 1. The molecule has 19 heavy (non-hydrogen) atoms. The van der Waals surface area contributed by atoms with Gasteiger partial charge in [0.05, 0.1) is 0 Å². The Morgan fingerprint density at radius 2 is 1.84 bits per heavy atom. The molecule has 0 heterocycles. The molecule has 106 valence electrons. The Morgan fingerprint density at radius 3 is 2.37 bits per heavy atom. The van der Waals surface area contributed by atoms with Crippen molar-refractivity contribution in [3.05, 3.63) is 30.3 Å². The number of carbonyl (C=O) groups is 1. The molecule has 0 spiro atoms. The Hall–Kier alpha value is -1.13. The zero-order valence-corrected chi connectivity index (χ0v) is 13.5. The minimum absolute atomic E-state index is 0.141. The van der Waals surface area contributed by atoms with Crippen molar-refractivity contribution in [2.45, 2.75) is 39.4 Å². The first-order valence-electron chi connectivity index (χ1n) is 6.94. The zero-order chi connectivity index (χ0) is 14.3. The third kappa shape index (κ3) is 6.03. The quantitative estimate of drug-likeness (QED) is 0.434. The van der Waals surface area contributed by atoms with Crippen LogP contribution in [0.4, 0.5) is 0 Å². The summed E-state index contributed by atoms with van der Waals surface area (Å²) in [6.45, 7) is 11.2. The minimum atomic E-state index is -1.25. The van der Waals surface area contributed by atoms with Gasteiger partial charge in [0.1, 0.15) is 14.0 Å². The first kappa shape index (κ1) is 15.9. The topological polar surface area (TPSA) is 29.5 Å². The lowest BCUT2D eigenvalue weighted by atomic mass is 10.3. The second kappa shape index (κ2) is 7.45. The number of ether oxygens (including phenoxy) is 1. The summed E-state index contributed by atoms with van der Waals surface area (Å²) < 4.78 is 7.77. The number of benzene rings is 1. The lowest BCUT2D eigenvalue weighted by Crippen LogP contribution is -2.46. The second-order valence-corrected chi connectivity index (χ2v) is 10.6. The predicted molar refractivity (Wildman–Crippen MR) is 81.9 cm³/mol. The Balaban J connectivity index is 2.31. The van der Waals surface area contributed by atoms with Crippen LogP contribution in [0.3, 0.4) is 0 Å². The maximum absolute atomic E-state index is 11.7. The van der Waals surface area contributed by atoms with Gasteiger partial charge in [0.25, 0.3) is 0 Å². The maximum Gasteiger partial charge on any atom is 0.311 e. The summed E-state index contributed by atoms with van der Waals surface area (Å²) in [6.07, 6.45) is 1.35. The Kier molecular flexibility index (Phi) is 6.25. The molecule has 4 heteroatoms. The van der Waals surface area contributed by atoms with Crippen LogP contribution in [0.5, 0.6) is 5.75 Å². The molecule has 1 aromatic rings. The van der Waals surface area contributed by atoms with Crippen LogP contribution in [-0.4, -0.2) is 31.9 Å². The maximum atomic E-state index is 11.7. The molecule has 0 saturated carbocycles. The highest BCUT2D eigenvalue weighted by Crippen LogP contribution is 2.12. The molecule has 0 saturated heterocycles. The van der Waals surface area contributed by atoms with Crippen molar-refractivity contribution < 1.29 is 9.53 Å². The van der Waals surface area contributed by atoms with Crippen molar-refractivity contribution in [2.24, 2.45) is 0 Å². The molecule has 0 aliphatic carbocycles. The Morgan fingerprint density at radius 1 is 1.21 bits per heavy atom. The molecule has 1 aromatic carbocycles. The molecule has 3 nitrogen and oxygen atoms in total. The van der Waals surface area contributed by atoms with E-state index in [0.29, 0.717) is 12.2 Å². The molecule has 0 aliphatic heterocycles. The summed E-state index contributed by atoms with van der Waals surface area (Å²) in [5.74, 6) is 0.489. The van der Waals surface area contributed by atoms with E-state index in [1.165, 1.54) is 0 Å². The summed E-state index contributed by atoms with van der Waals surface area (Å²) >= 11 is 0. The van der Waals surface area contributed by atoms with Gasteiger partial charge in [0, 0.05) is 6.42 Å². The summed E-state index contributed by atoms with van der Waals surface area (Å²) in [6, 6.07) is 9.25. The van der Waals surface area contributed by atoms with Crippen molar-refractivity contribution >= 4 is 14.2 Å². The monoisotopic (exact) mass is 279 g/mol. The molecule has 0 N–H and O–H groups in total. The van der Waals surface area contributed by atoms with E-state index < -0.39 is 8.24 Å². The van der Waals surface area contributed by atoms with E-state index >= 15 is 0 Å². The number of carbonyl (C=O) groups excluding carboxylic acids is 1. The van der Waals surface area contributed by atoms with Gasteiger partial charge in [0.2, 0.25) is 0 Å². The molecule has 0 bridgehead atoms. The van der Waals surface area contributed by atoms with E-state index in [0.717, 1.165) is 19.5 Å². The normalized spacial score (nSPS) is 11.6. The van der Waals surface area contributed by atoms with Crippen LogP contribution < -0.4 is 4.74 Å². The molecule has 0 aliphatic rings. The number of nitrogens with zero attached hydrogens (tertiary/aromatic N) is 1. The number of rotatable bonds is 7. The summed E-state index contributed by atoms with van der Waals surface area (Å²) in [4.78, 5) is 11.7. The Bertz CT molecular complexity index is 387. The second-order valence-electron chi connectivity index (χ2n) is 5.64. The number of esters is 1. The van der Waals surface area contributed by atoms with Gasteiger partial charge < -0.3 is 9.30 Å². The van der Waals surface area contributed by atoms with Crippen LogP contribution in [0.2, 0.25) is 19.6 Å². The molecule has 0 unspecified atom stereocenters. The fourth-order valence-electron chi connectivity index (χ4n) is 2.05. The third-order valence-electron chi connectivity index (χ3n) is 3.11. The van der Waals surface area contributed by atoms with E-state index in [9.17, 15) is 4.79 Å². The summed E-state index contributed by atoms with van der Waals surface area (Å²) in [5.41, 5.74) is 0. The lowest BCUT2D eigenvalue weighted by molar-refractivity contribution is -0.134. The highest BCUT2D eigenvalue weighted by Gasteiger charge is 2.21. The van der Waals surface area contributed by atoms with Crippen molar-refractivity contribution in [3.8, 4) is 5.75 Å². The van der Waals surface area contributed by atoms with Gasteiger partial charge in [-0.1, -0.05) is 44.8 Å². The number of hydrogen-bond donors (Lipinski definition) is 0. The predicted octanol–water partition coefficient (Wildman–Crippen LogP) is 3.53. The van der Waals surface area contributed by atoms with Crippen molar-refractivity contribution in [1.29, 1.82) is 0 Å². The third-order valence-corrected chi connectivity index (χ3v) is 5.55. The van der Waals surface area contributed by atoms with Crippen LogP contribution in [0.15, 0.2) is 30.3 Å². The molecule has 0 aromatic heterocycles. The molecular formula is C15H25NO2Si. The fourth-order valence-corrected chi connectivity index (χ4v) is 3.83.